The molecule has 0 spiro atoms. The summed E-state index contributed by atoms with van der Waals surface area (Å²) < 4.78 is 4.90. The van der Waals surface area contributed by atoms with Gasteiger partial charge in [0.15, 0.2) is 5.76 Å². The van der Waals surface area contributed by atoms with Gasteiger partial charge in [0.25, 0.3) is 5.91 Å². The molecule has 2 aromatic rings. The topological polar surface area (TPSA) is 102 Å². The minimum Gasteiger partial charge on any atom is -0.395 e. The Balaban J connectivity index is 1.46. The average Bonchev–Trinajstić information content (AvgIpc) is 3.11. The van der Waals surface area contributed by atoms with Crippen molar-refractivity contribution in [1.29, 1.82) is 0 Å². The number of carbonyl (C=O) groups excluding carboxylic acids is 1. The first-order valence-corrected chi connectivity index (χ1v) is 7.81. The lowest BCUT2D eigenvalue weighted by Gasteiger charge is -2.33. The van der Waals surface area contributed by atoms with E-state index in [0.717, 1.165) is 31.6 Å². The van der Waals surface area contributed by atoms with E-state index in [1.54, 1.807) is 6.20 Å². The summed E-state index contributed by atoms with van der Waals surface area (Å²) in [6.45, 7) is 2.37. The number of hydrogen-bond donors (Lipinski definition) is 1. The number of rotatable bonds is 5. The predicted molar refractivity (Wildman–Crippen MR) is 86.9 cm³/mol. The van der Waals surface area contributed by atoms with Gasteiger partial charge >= 0.3 is 5.88 Å². The van der Waals surface area contributed by atoms with E-state index in [0.29, 0.717) is 12.5 Å². The van der Waals surface area contributed by atoms with Crippen molar-refractivity contribution in [2.75, 3.05) is 24.5 Å². The third kappa shape index (κ3) is 3.70. The fourth-order valence-electron chi connectivity index (χ4n) is 2.81. The van der Waals surface area contributed by atoms with Crippen molar-refractivity contribution < 1.29 is 14.1 Å². The molecule has 126 valence electrons. The van der Waals surface area contributed by atoms with Gasteiger partial charge in [0, 0.05) is 25.8 Å². The molecule has 0 atom stereocenters. The summed E-state index contributed by atoms with van der Waals surface area (Å²) in [7, 11) is 0. The molecule has 0 saturated carbocycles. The van der Waals surface area contributed by atoms with Gasteiger partial charge in [0.05, 0.1) is 18.0 Å². The second-order valence-electron chi connectivity index (χ2n) is 5.75. The standard InChI is InChI=1S/C16H18N4O4/c21-16(14-3-4-15(24-14)20(22)23)18-10-12-5-8-19(9-6-12)13-2-1-7-17-11-13/h1-4,7,11-12H,5-6,8-10H2,(H,18,21). The van der Waals surface area contributed by atoms with Crippen molar-refractivity contribution in [3.63, 3.8) is 0 Å². The van der Waals surface area contributed by atoms with Gasteiger partial charge in [-0.15, -0.1) is 0 Å². The van der Waals surface area contributed by atoms with Crippen LogP contribution in [-0.2, 0) is 0 Å². The molecule has 0 bridgehead atoms. The van der Waals surface area contributed by atoms with E-state index in [-0.39, 0.29) is 5.76 Å². The number of furan rings is 1. The van der Waals surface area contributed by atoms with Crippen LogP contribution < -0.4 is 10.2 Å². The summed E-state index contributed by atoms with van der Waals surface area (Å²) in [5.74, 6) is -0.496. The highest BCUT2D eigenvalue weighted by Gasteiger charge is 2.22. The van der Waals surface area contributed by atoms with Crippen LogP contribution in [0.3, 0.4) is 0 Å². The summed E-state index contributed by atoms with van der Waals surface area (Å²) in [5.41, 5.74) is 1.11. The molecule has 2 aromatic heterocycles. The molecule has 0 aromatic carbocycles. The van der Waals surface area contributed by atoms with Gasteiger partial charge in [0.2, 0.25) is 0 Å². The van der Waals surface area contributed by atoms with Crippen molar-refractivity contribution in [2.24, 2.45) is 5.92 Å². The van der Waals surface area contributed by atoms with Crippen molar-refractivity contribution in [2.45, 2.75) is 12.8 Å². The Labute approximate surface area is 138 Å². The lowest BCUT2D eigenvalue weighted by molar-refractivity contribution is -0.402. The number of nitrogens with one attached hydrogen (secondary N) is 1. The Bertz CT molecular complexity index is 708. The smallest absolute Gasteiger partial charge is 0.395 e. The number of carbonyl (C=O) groups is 1. The van der Waals surface area contributed by atoms with Crippen LogP contribution in [0.5, 0.6) is 0 Å². The van der Waals surface area contributed by atoms with Gasteiger partial charge in [-0.05, 0) is 37.0 Å². The highest BCUT2D eigenvalue weighted by atomic mass is 16.6. The fraction of sp³-hybridized carbons (Fsp3) is 0.375. The van der Waals surface area contributed by atoms with Crippen LogP contribution in [0.4, 0.5) is 11.6 Å². The Morgan fingerprint density at radius 1 is 1.38 bits per heavy atom. The molecule has 3 heterocycles. The minimum absolute atomic E-state index is 0.0329. The zero-order valence-electron chi connectivity index (χ0n) is 13.1. The molecule has 1 aliphatic rings. The molecule has 1 aliphatic heterocycles. The van der Waals surface area contributed by atoms with Crippen molar-refractivity contribution >= 4 is 17.5 Å². The molecular formula is C16H18N4O4. The molecule has 8 heteroatoms. The summed E-state index contributed by atoms with van der Waals surface area (Å²) in [6.07, 6.45) is 5.54. The molecule has 1 saturated heterocycles. The maximum atomic E-state index is 12.0. The van der Waals surface area contributed by atoms with Gasteiger partial charge in [-0.2, -0.15) is 0 Å². The second kappa shape index (κ2) is 7.12. The number of hydrogen-bond acceptors (Lipinski definition) is 6. The highest BCUT2D eigenvalue weighted by molar-refractivity contribution is 5.91. The van der Waals surface area contributed by atoms with Crippen molar-refractivity contribution in [3.05, 3.63) is 52.5 Å². The normalized spacial score (nSPS) is 15.2. The van der Waals surface area contributed by atoms with Gasteiger partial charge in [-0.25, -0.2) is 0 Å². The molecule has 0 aliphatic carbocycles. The molecule has 8 nitrogen and oxygen atoms in total. The first-order valence-electron chi connectivity index (χ1n) is 7.81. The second-order valence-corrected chi connectivity index (χ2v) is 5.75. The lowest BCUT2D eigenvalue weighted by Crippen LogP contribution is -2.38. The Morgan fingerprint density at radius 3 is 2.79 bits per heavy atom. The molecule has 0 unspecified atom stereocenters. The third-order valence-electron chi connectivity index (χ3n) is 4.17. The van der Waals surface area contributed by atoms with Gasteiger partial charge in [-0.1, -0.05) is 0 Å². The summed E-state index contributed by atoms with van der Waals surface area (Å²) in [6, 6.07) is 6.46. The Kier molecular flexibility index (Phi) is 4.74. The van der Waals surface area contributed by atoms with Gasteiger partial charge < -0.3 is 14.6 Å². The van der Waals surface area contributed by atoms with E-state index in [1.807, 2.05) is 18.3 Å². The quantitative estimate of drug-likeness (QED) is 0.666. The molecule has 0 radical (unpaired) electrons. The molecule has 1 N–H and O–H groups in total. The number of amides is 1. The van der Waals surface area contributed by atoms with Crippen LogP contribution in [0, 0.1) is 16.0 Å². The lowest BCUT2D eigenvalue weighted by atomic mass is 9.96. The monoisotopic (exact) mass is 330 g/mol. The first kappa shape index (κ1) is 16.0. The maximum absolute atomic E-state index is 12.0. The SMILES string of the molecule is O=C(NCC1CCN(c2cccnc2)CC1)c1ccc([N+](=O)[O-])o1. The number of aromatic nitrogens is 1. The first-order chi connectivity index (χ1) is 11.6. The van der Waals surface area contributed by atoms with E-state index in [9.17, 15) is 14.9 Å². The van der Waals surface area contributed by atoms with Crippen LogP contribution >= 0.6 is 0 Å². The van der Waals surface area contributed by atoms with E-state index in [4.69, 9.17) is 4.42 Å². The van der Waals surface area contributed by atoms with E-state index >= 15 is 0 Å². The minimum atomic E-state index is -0.662. The molecular weight excluding hydrogens is 312 g/mol. The zero-order valence-corrected chi connectivity index (χ0v) is 13.1. The van der Waals surface area contributed by atoms with Crippen LogP contribution in [0.15, 0.2) is 41.1 Å². The van der Waals surface area contributed by atoms with Crippen LogP contribution in [0.2, 0.25) is 0 Å². The molecule has 1 fully saturated rings. The highest BCUT2D eigenvalue weighted by Crippen LogP contribution is 2.22. The molecule has 1 amide bonds. The van der Waals surface area contributed by atoms with Crippen LogP contribution in [0.1, 0.15) is 23.4 Å². The zero-order chi connectivity index (χ0) is 16.9. The Morgan fingerprint density at radius 2 is 2.17 bits per heavy atom. The van der Waals surface area contributed by atoms with Gasteiger partial charge in [-0.3, -0.25) is 19.9 Å². The number of anilines is 1. The molecule has 24 heavy (non-hydrogen) atoms. The van der Waals surface area contributed by atoms with E-state index < -0.39 is 16.7 Å². The van der Waals surface area contributed by atoms with Crippen molar-refractivity contribution in [1.82, 2.24) is 10.3 Å². The largest absolute Gasteiger partial charge is 0.433 e. The average molecular weight is 330 g/mol. The number of nitro groups is 1. The van der Waals surface area contributed by atoms with Crippen molar-refractivity contribution in [3.8, 4) is 0 Å². The summed E-state index contributed by atoms with van der Waals surface area (Å²) in [4.78, 5) is 28.3. The molecule has 3 rings (SSSR count). The van der Waals surface area contributed by atoms with E-state index in [1.165, 1.54) is 12.1 Å². The maximum Gasteiger partial charge on any atom is 0.433 e. The number of pyridine rings is 1. The number of nitrogens with zero attached hydrogens (tertiary/aromatic N) is 3. The van der Waals surface area contributed by atoms with E-state index in [2.05, 4.69) is 15.2 Å². The van der Waals surface area contributed by atoms with Gasteiger partial charge in [0.1, 0.15) is 4.92 Å². The Hall–Kier alpha value is -2.90. The summed E-state index contributed by atoms with van der Waals surface area (Å²) >= 11 is 0. The predicted octanol–water partition coefficient (Wildman–Crippen LogP) is 2.23. The van der Waals surface area contributed by atoms with Crippen LogP contribution in [-0.4, -0.2) is 35.4 Å². The number of piperidine rings is 1. The summed E-state index contributed by atoms with van der Waals surface area (Å²) in [5, 5.41) is 13.4. The third-order valence-corrected chi connectivity index (χ3v) is 4.17. The fourth-order valence-corrected chi connectivity index (χ4v) is 2.81. The van der Waals surface area contributed by atoms with Crippen LogP contribution in [0.25, 0.3) is 0 Å².